The van der Waals surface area contributed by atoms with Crippen LogP contribution in [0.5, 0.6) is 0 Å². The zero-order valence-corrected chi connectivity index (χ0v) is 15.5. The van der Waals surface area contributed by atoms with Gasteiger partial charge < -0.3 is 0 Å². The van der Waals surface area contributed by atoms with Crippen molar-refractivity contribution in [3.05, 3.63) is 70.2 Å². The van der Waals surface area contributed by atoms with Gasteiger partial charge in [-0.05, 0) is 43.2 Å². The summed E-state index contributed by atoms with van der Waals surface area (Å²) >= 11 is 3.35. The van der Waals surface area contributed by atoms with E-state index in [1.807, 2.05) is 19.1 Å². The van der Waals surface area contributed by atoms with E-state index in [1.165, 1.54) is 12.1 Å². The fraction of sp³-hybridized carbons (Fsp3) is 0.167. The Morgan fingerprint density at radius 2 is 1.62 bits per heavy atom. The summed E-state index contributed by atoms with van der Waals surface area (Å²) in [6.45, 7) is 2.05. The molecule has 3 rings (SSSR count). The van der Waals surface area contributed by atoms with Gasteiger partial charge in [-0.15, -0.1) is 0 Å². The van der Waals surface area contributed by atoms with Crippen molar-refractivity contribution in [1.82, 2.24) is 4.31 Å². The molecule has 6 heteroatoms. The first-order valence-electron chi connectivity index (χ1n) is 7.49. The number of benzene rings is 2. The van der Waals surface area contributed by atoms with Crippen molar-refractivity contribution in [2.45, 2.75) is 18.2 Å². The lowest BCUT2D eigenvalue weighted by Crippen LogP contribution is -2.40. The molecule has 2 aromatic carbocycles. The van der Waals surface area contributed by atoms with Crippen LogP contribution in [0.25, 0.3) is 5.57 Å². The Balaban J connectivity index is 1.95. The Morgan fingerprint density at radius 3 is 2.25 bits per heavy atom. The van der Waals surface area contributed by atoms with Gasteiger partial charge in [0.25, 0.3) is 15.9 Å². The minimum absolute atomic E-state index is 0.138. The van der Waals surface area contributed by atoms with E-state index in [2.05, 4.69) is 15.9 Å². The molecule has 1 aliphatic heterocycles. The number of sulfonamides is 1. The Kier molecular flexibility index (Phi) is 4.60. The van der Waals surface area contributed by atoms with Gasteiger partial charge in [0, 0.05) is 16.6 Å². The molecule has 0 unspecified atom stereocenters. The highest BCUT2D eigenvalue weighted by atomic mass is 79.9. The van der Waals surface area contributed by atoms with Crippen LogP contribution >= 0.6 is 15.9 Å². The number of aryl methyl sites for hydroxylation is 1. The van der Waals surface area contributed by atoms with Crippen LogP contribution in [-0.2, 0) is 14.8 Å². The van der Waals surface area contributed by atoms with Crippen molar-refractivity contribution in [3.63, 3.8) is 0 Å². The average molecular weight is 406 g/mol. The van der Waals surface area contributed by atoms with Gasteiger partial charge in [0.2, 0.25) is 0 Å². The molecule has 0 aliphatic carbocycles. The largest absolute Gasteiger partial charge is 0.268 e. The molecular weight excluding hydrogens is 390 g/mol. The van der Waals surface area contributed by atoms with Crippen LogP contribution in [0.1, 0.15) is 17.5 Å². The van der Waals surface area contributed by atoms with Gasteiger partial charge in [-0.3, -0.25) is 4.79 Å². The highest BCUT2D eigenvalue weighted by molar-refractivity contribution is 9.10. The second kappa shape index (κ2) is 6.53. The number of carbonyl (C=O) groups is 1. The monoisotopic (exact) mass is 405 g/mol. The molecule has 0 N–H and O–H groups in total. The van der Waals surface area contributed by atoms with Crippen LogP contribution in [-0.4, -0.2) is 25.2 Å². The highest BCUT2D eigenvalue weighted by Gasteiger charge is 2.33. The van der Waals surface area contributed by atoms with Crippen molar-refractivity contribution in [2.24, 2.45) is 0 Å². The molecule has 0 radical (unpaired) electrons. The van der Waals surface area contributed by atoms with Crippen molar-refractivity contribution in [2.75, 3.05) is 6.54 Å². The van der Waals surface area contributed by atoms with Crippen molar-refractivity contribution < 1.29 is 13.2 Å². The van der Waals surface area contributed by atoms with Crippen LogP contribution in [0.4, 0.5) is 0 Å². The summed E-state index contributed by atoms with van der Waals surface area (Å²) in [6.07, 6.45) is 2.30. The lowest BCUT2D eigenvalue weighted by atomic mass is 10.0. The molecular formula is C18H16BrNO3S. The molecule has 124 valence electrons. The fourth-order valence-electron chi connectivity index (χ4n) is 2.59. The molecule has 24 heavy (non-hydrogen) atoms. The van der Waals surface area contributed by atoms with E-state index in [4.69, 9.17) is 0 Å². The number of nitrogens with zero attached hydrogens (tertiary/aromatic N) is 1. The summed E-state index contributed by atoms with van der Waals surface area (Å²) in [5.41, 5.74) is 2.10. The number of halogens is 1. The maximum atomic E-state index is 12.8. The highest BCUT2D eigenvalue weighted by Crippen LogP contribution is 2.28. The third kappa shape index (κ3) is 3.16. The van der Waals surface area contributed by atoms with E-state index in [-0.39, 0.29) is 11.4 Å². The average Bonchev–Trinajstić information content (AvgIpc) is 2.56. The first-order chi connectivity index (χ1) is 11.4. The molecule has 1 amide bonds. The predicted molar refractivity (Wildman–Crippen MR) is 96.8 cm³/mol. The first-order valence-corrected chi connectivity index (χ1v) is 9.73. The van der Waals surface area contributed by atoms with Gasteiger partial charge in [0.1, 0.15) is 0 Å². The Labute approximate surface area is 150 Å². The van der Waals surface area contributed by atoms with Gasteiger partial charge in [-0.2, -0.15) is 0 Å². The molecule has 0 bridgehead atoms. The second-order valence-corrected chi connectivity index (χ2v) is 8.39. The molecule has 0 atom stereocenters. The number of hydrogen-bond donors (Lipinski definition) is 0. The van der Waals surface area contributed by atoms with Gasteiger partial charge in [0.15, 0.2) is 0 Å². The summed E-state index contributed by atoms with van der Waals surface area (Å²) in [6, 6.07) is 13.8. The molecule has 0 aromatic heterocycles. The van der Waals surface area contributed by atoms with Gasteiger partial charge >= 0.3 is 0 Å². The SMILES string of the molecule is Cc1ccc(S(=O)(=O)N2CCC=C(c3ccc(Br)cc3)C2=O)cc1. The minimum atomic E-state index is -3.84. The smallest absolute Gasteiger partial charge is 0.267 e. The lowest BCUT2D eigenvalue weighted by Gasteiger charge is -2.26. The quantitative estimate of drug-likeness (QED) is 0.780. The zero-order valence-electron chi connectivity index (χ0n) is 13.1. The minimum Gasteiger partial charge on any atom is -0.268 e. The van der Waals surface area contributed by atoms with Gasteiger partial charge in [-0.25, -0.2) is 12.7 Å². The van der Waals surface area contributed by atoms with E-state index >= 15 is 0 Å². The number of carbonyl (C=O) groups excluding carboxylic acids is 1. The number of rotatable bonds is 3. The summed E-state index contributed by atoms with van der Waals surface area (Å²) in [5.74, 6) is -0.482. The normalized spacial score (nSPS) is 15.3. The van der Waals surface area contributed by atoms with Crippen molar-refractivity contribution >= 4 is 37.4 Å². The van der Waals surface area contributed by atoms with Crippen LogP contribution in [0.15, 0.2) is 64.0 Å². The first kappa shape index (κ1) is 16.9. The maximum Gasteiger partial charge on any atom is 0.267 e. The van der Waals surface area contributed by atoms with E-state index in [1.54, 1.807) is 30.3 Å². The van der Waals surface area contributed by atoms with E-state index in [0.29, 0.717) is 17.6 Å². The molecule has 0 spiro atoms. The maximum absolute atomic E-state index is 12.8. The summed E-state index contributed by atoms with van der Waals surface area (Å²) in [4.78, 5) is 12.9. The Bertz CT molecular complexity index is 900. The molecule has 0 fully saturated rings. The van der Waals surface area contributed by atoms with Gasteiger partial charge in [0.05, 0.1) is 4.90 Å². The third-order valence-electron chi connectivity index (χ3n) is 3.90. The van der Waals surface area contributed by atoms with Crippen molar-refractivity contribution in [1.29, 1.82) is 0 Å². The molecule has 2 aromatic rings. The zero-order chi connectivity index (χ0) is 17.3. The topological polar surface area (TPSA) is 54.5 Å². The predicted octanol–water partition coefficient (Wildman–Crippen LogP) is 3.76. The number of hydrogen-bond acceptors (Lipinski definition) is 3. The van der Waals surface area contributed by atoms with Gasteiger partial charge in [-0.1, -0.05) is 51.8 Å². The Morgan fingerprint density at radius 1 is 1.00 bits per heavy atom. The summed E-state index contributed by atoms with van der Waals surface area (Å²) in [5, 5.41) is 0. The number of amides is 1. The molecule has 0 saturated heterocycles. The van der Waals surface area contributed by atoms with Crippen LogP contribution in [0.3, 0.4) is 0 Å². The van der Waals surface area contributed by atoms with E-state index in [9.17, 15) is 13.2 Å². The summed E-state index contributed by atoms with van der Waals surface area (Å²) in [7, 11) is -3.84. The molecule has 1 aliphatic rings. The molecule has 1 heterocycles. The second-order valence-electron chi connectivity index (χ2n) is 5.61. The lowest BCUT2D eigenvalue weighted by molar-refractivity contribution is -0.120. The van der Waals surface area contributed by atoms with Crippen LogP contribution < -0.4 is 0 Å². The summed E-state index contributed by atoms with van der Waals surface area (Å²) < 4.78 is 27.5. The fourth-order valence-corrected chi connectivity index (χ4v) is 4.25. The van der Waals surface area contributed by atoms with E-state index < -0.39 is 15.9 Å². The Hall–Kier alpha value is -1.92. The molecule has 4 nitrogen and oxygen atoms in total. The van der Waals surface area contributed by atoms with Crippen molar-refractivity contribution in [3.8, 4) is 0 Å². The molecule has 0 saturated carbocycles. The van der Waals surface area contributed by atoms with Crippen LogP contribution in [0.2, 0.25) is 0 Å². The van der Waals surface area contributed by atoms with Crippen LogP contribution in [0, 0.1) is 6.92 Å². The third-order valence-corrected chi connectivity index (χ3v) is 6.23. The van der Waals surface area contributed by atoms with E-state index in [0.717, 1.165) is 14.3 Å². The standard InChI is InChI=1S/C18H16BrNO3S/c1-13-4-10-16(11-5-13)24(22,23)20-12-2-3-17(18(20)21)14-6-8-15(19)9-7-14/h3-11H,2,12H2,1H3.